The molecular weight excluding hydrogens is 370 g/mol. The van der Waals surface area contributed by atoms with Gasteiger partial charge >= 0.3 is 0 Å². The second-order valence-electron chi connectivity index (χ2n) is 5.31. The summed E-state index contributed by atoms with van der Waals surface area (Å²) in [7, 11) is 3.18. The number of rotatable bonds is 8. The van der Waals surface area contributed by atoms with E-state index < -0.39 is 0 Å². The summed E-state index contributed by atoms with van der Waals surface area (Å²) in [5.74, 6) is 2.09. The fourth-order valence-electron chi connectivity index (χ4n) is 2.16. The predicted molar refractivity (Wildman–Crippen MR) is 103 cm³/mol. The number of methoxy groups -OCH3 is 2. The molecule has 0 unspecified atom stereocenters. The molecule has 0 aliphatic carbocycles. The first kappa shape index (κ1) is 18.7. The Morgan fingerprint density at radius 2 is 1.30 bits per heavy atom. The molecule has 1 heterocycles. The molecule has 3 aromatic rings. The standard InChI is InChI=1S/C18H18ClN5O3/c1-25-11-27-15-9-5-13(6-10-15)21-18-23-16(19)22-17(24-18)20-12-3-7-14(26-2)8-4-12/h3-10H,11H2,1-2H3,(H2,20,21,22,23,24). The zero-order chi connectivity index (χ0) is 19.1. The first-order valence-corrected chi connectivity index (χ1v) is 8.35. The average molecular weight is 388 g/mol. The molecule has 140 valence electrons. The summed E-state index contributed by atoms with van der Waals surface area (Å²) in [6.45, 7) is 0.191. The second kappa shape index (κ2) is 9.02. The lowest BCUT2D eigenvalue weighted by atomic mass is 10.3. The number of halogens is 1. The van der Waals surface area contributed by atoms with Crippen LogP contribution in [0.4, 0.5) is 23.3 Å². The molecule has 0 atom stereocenters. The highest BCUT2D eigenvalue weighted by Crippen LogP contribution is 2.22. The molecule has 0 saturated carbocycles. The van der Waals surface area contributed by atoms with Crippen molar-refractivity contribution in [1.82, 2.24) is 15.0 Å². The van der Waals surface area contributed by atoms with Crippen molar-refractivity contribution < 1.29 is 14.2 Å². The van der Waals surface area contributed by atoms with E-state index in [0.29, 0.717) is 17.6 Å². The van der Waals surface area contributed by atoms with E-state index in [-0.39, 0.29) is 12.1 Å². The van der Waals surface area contributed by atoms with E-state index in [0.717, 1.165) is 17.1 Å². The van der Waals surface area contributed by atoms with Gasteiger partial charge in [0.2, 0.25) is 17.2 Å². The van der Waals surface area contributed by atoms with Gasteiger partial charge in [0.15, 0.2) is 6.79 Å². The average Bonchev–Trinajstić information content (AvgIpc) is 2.67. The van der Waals surface area contributed by atoms with E-state index in [1.165, 1.54) is 0 Å². The van der Waals surface area contributed by atoms with Crippen LogP contribution in [0.5, 0.6) is 11.5 Å². The second-order valence-corrected chi connectivity index (χ2v) is 5.64. The number of nitrogens with zero attached hydrogens (tertiary/aromatic N) is 3. The van der Waals surface area contributed by atoms with Gasteiger partial charge in [-0.05, 0) is 60.1 Å². The number of anilines is 4. The van der Waals surface area contributed by atoms with Crippen LogP contribution in [0, 0.1) is 0 Å². The molecule has 0 aliphatic rings. The molecule has 3 rings (SSSR count). The highest BCUT2D eigenvalue weighted by molar-refractivity contribution is 6.28. The van der Waals surface area contributed by atoms with E-state index in [1.807, 2.05) is 36.4 Å². The number of ether oxygens (including phenoxy) is 3. The molecular formula is C18H18ClN5O3. The smallest absolute Gasteiger partial charge is 0.233 e. The SMILES string of the molecule is COCOc1ccc(Nc2nc(Cl)nc(Nc3ccc(OC)cc3)n2)cc1. The molecule has 0 aliphatic heterocycles. The number of aromatic nitrogens is 3. The Labute approximate surface area is 161 Å². The maximum absolute atomic E-state index is 6.02. The topological polar surface area (TPSA) is 90.4 Å². The molecule has 1 aromatic heterocycles. The van der Waals surface area contributed by atoms with E-state index in [2.05, 4.69) is 25.6 Å². The fourth-order valence-corrected chi connectivity index (χ4v) is 2.32. The molecule has 0 fully saturated rings. The quantitative estimate of drug-likeness (QED) is 0.560. The van der Waals surface area contributed by atoms with Gasteiger partial charge in [0.25, 0.3) is 0 Å². The summed E-state index contributed by atoms with van der Waals surface area (Å²) < 4.78 is 15.4. The molecule has 0 saturated heterocycles. The number of benzene rings is 2. The molecule has 0 bridgehead atoms. The van der Waals surface area contributed by atoms with Crippen molar-refractivity contribution in [2.24, 2.45) is 0 Å². The minimum atomic E-state index is 0.0727. The molecule has 0 spiro atoms. The van der Waals surface area contributed by atoms with Crippen LogP contribution in [0.15, 0.2) is 48.5 Å². The number of nitrogens with one attached hydrogen (secondary N) is 2. The summed E-state index contributed by atoms with van der Waals surface area (Å²) in [5.41, 5.74) is 1.57. The summed E-state index contributed by atoms with van der Waals surface area (Å²) in [5, 5.41) is 6.23. The maximum atomic E-state index is 6.02. The molecule has 2 aromatic carbocycles. The van der Waals surface area contributed by atoms with Crippen LogP contribution < -0.4 is 20.1 Å². The number of hydrogen-bond acceptors (Lipinski definition) is 8. The van der Waals surface area contributed by atoms with Crippen molar-refractivity contribution >= 4 is 34.9 Å². The Hall–Kier alpha value is -3.10. The first-order valence-electron chi connectivity index (χ1n) is 7.98. The van der Waals surface area contributed by atoms with Gasteiger partial charge in [0.1, 0.15) is 11.5 Å². The van der Waals surface area contributed by atoms with Crippen molar-refractivity contribution in [3.8, 4) is 11.5 Å². The van der Waals surface area contributed by atoms with Crippen LogP contribution in [-0.2, 0) is 4.74 Å². The van der Waals surface area contributed by atoms with Crippen molar-refractivity contribution in [2.75, 3.05) is 31.6 Å². The zero-order valence-electron chi connectivity index (χ0n) is 14.8. The molecule has 0 amide bonds. The van der Waals surface area contributed by atoms with Gasteiger partial charge in [-0.25, -0.2) is 0 Å². The van der Waals surface area contributed by atoms with Crippen LogP contribution in [0.1, 0.15) is 0 Å². The van der Waals surface area contributed by atoms with Crippen LogP contribution in [0.25, 0.3) is 0 Å². The number of hydrogen-bond donors (Lipinski definition) is 2. The third-order valence-corrected chi connectivity index (χ3v) is 3.58. The Kier molecular flexibility index (Phi) is 6.24. The minimum absolute atomic E-state index is 0.0727. The van der Waals surface area contributed by atoms with Crippen LogP contribution in [0.2, 0.25) is 5.28 Å². The van der Waals surface area contributed by atoms with Crippen molar-refractivity contribution in [2.45, 2.75) is 0 Å². The van der Waals surface area contributed by atoms with E-state index in [4.69, 9.17) is 25.8 Å². The monoisotopic (exact) mass is 387 g/mol. The van der Waals surface area contributed by atoms with Crippen LogP contribution in [0.3, 0.4) is 0 Å². The van der Waals surface area contributed by atoms with Crippen molar-refractivity contribution in [3.63, 3.8) is 0 Å². The molecule has 27 heavy (non-hydrogen) atoms. The van der Waals surface area contributed by atoms with Gasteiger partial charge < -0.3 is 24.8 Å². The van der Waals surface area contributed by atoms with E-state index in [1.54, 1.807) is 26.4 Å². The van der Waals surface area contributed by atoms with Crippen LogP contribution in [-0.4, -0.2) is 36.0 Å². The first-order chi connectivity index (χ1) is 13.2. The van der Waals surface area contributed by atoms with E-state index >= 15 is 0 Å². The highest BCUT2D eigenvalue weighted by atomic mass is 35.5. The summed E-state index contributed by atoms with van der Waals surface area (Å²) in [4.78, 5) is 12.5. The van der Waals surface area contributed by atoms with Gasteiger partial charge in [-0.15, -0.1) is 0 Å². The normalized spacial score (nSPS) is 10.3. The van der Waals surface area contributed by atoms with Gasteiger partial charge in [-0.1, -0.05) is 0 Å². The summed E-state index contributed by atoms with van der Waals surface area (Å²) in [6, 6.07) is 14.6. The van der Waals surface area contributed by atoms with Gasteiger partial charge in [0, 0.05) is 18.5 Å². The third kappa shape index (κ3) is 5.44. The van der Waals surface area contributed by atoms with Gasteiger partial charge in [0.05, 0.1) is 7.11 Å². The predicted octanol–water partition coefficient (Wildman–Crippen LogP) is 4.00. The zero-order valence-corrected chi connectivity index (χ0v) is 15.5. The Bertz CT molecular complexity index is 875. The maximum Gasteiger partial charge on any atom is 0.233 e. The molecule has 8 nitrogen and oxygen atoms in total. The lowest BCUT2D eigenvalue weighted by Gasteiger charge is -2.10. The summed E-state index contributed by atoms with van der Waals surface area (Å²) in [6.07, 6.45) is 0. The van der Waals surface area contributed by atoms with Crippen LogP contribution >= 0.6 is 11.6 Å². The Balaban J connectivity index is 1.70. The molecule has 0 radical (unpaired) electrons. The fraction of sp³-hybridized carbons (Fsp3) is 0.167. The molecule has 2 N–H and O–H groups in total. The van der Waals surface area contributed by atoms with Gasteiger partial charge in [-0.3, -0.25) is 0 Å². The van der Waals surface area contributed by atoms with Gasteiger partial charge in [-0.2, -0.15) is 15.0 Å². The molecule has 9 heteroatoms. The largest absolute Gasteiger partial charge is 0.497 e. The van der Waals surface area contributed by atoms with E-state index in [9.17, 15) is 0 Å². The highest BCUT2D eigenvalue weighted by Gasteiger charge is 2.07. The minimum Gasteiger partial charge on any atom is -0.497 e. The lowest BCUT2D eigenvalue weighted by Crippen LogP contribution is -2.04. The lowest BCUT2D eigenvalue weighted by molar-refractivity contribution is 0.0511. The summed E-state index contributed by atoms with van der Waals surface area (Å²) >= 11 is 6.02. The Morgan fingerprint density at radius 1 is 0.778 bits per heavy atom. The third-order valence-electron chi connectivity index (χ3n) is 3.41. The van der Waals surface area contributed by atoms with Crippen molar-refractivity contribution in [1.29, 1.82) is 0 Å². The van der Waals surface area contributed by atoms with Crippen molar-refractivity contribution in [3.05, 3.63) is 53.8 Å². The Morgan fingerprint density at radius 3 is 1.78 bits per heavy atom.